The Kier molecular flexibility index (Phi) is 13.8. The van der Waals surface area contributed by atoms with Crippen LogP contribution in [0.15, 0.2) is 213 Å². The minimum absolute atomic E-state index is 0.112. The van der Waals surface area contributed by atoms with Crippen LogP contribution in [0.5, 0.6) is 23.0 Å². The molecular weight excluding hydrogens is 921 g/mol. The molecule has 0 aliphatic rings. The highest BCUT2D eigenvalue weighted by atomic mass is 32.2. The summed E-state index contributed by atoms with van der Waals surface area (Å²) in [5, 5.41) is 0. The third kappa shape index (κ3) is 11.2. The maximum atomic E-state index is 13.5. The Morgan fingerprint density at radius 3 is 0.970 bits per heavy atom. The zero-order valence-electron chi connectivity index (χ0n) is 35.0. The van der Waals surface area contributed by atoms with Gasteiger partial charge in [-0.05, 0) is 150 Å². The van der Waals surface area contributed by atoms with Crippen molar-refractivity contribution in [3.8, 4) is 56.4 Å². The van der Waals surface area contributed by atoms with Crippen LogP contribution in [0, 0.1) is 13.8 Å². The summed E-state index contributed by atoms with van der Waals surface area (Å²) in [5.74, 6) is 2.13. The van der Waals surface area contributed by atoms with Gasteiger partial charge in [0.1, 0.15) is 27.9 Å². The lowest BCUT2D eigenvalue weighted by molar-refractivity contribution is 0.481. The van der Waals surface area contributed by atoms with Gasteiger partial charge in [0, 0.05) is 5.56 Å². The van der Waals surface area contributed by atoms with Gasteiger partial charge in [0.05, 0.1) is 19.6 Å². The molecule has 0 aromatic heterocycles. The van der Waals surface area contributed by atoms with Crippen molar-refractivity contribution in [1.82, 2.24) is 0 Å². The summed E-state index contributed by atoms with van der Waals surface area (Å²) < 4.78 is 124. The number of hydrogen-bond acceptors (Lipinski definition) is 11. The van der Waals surface area contributed by atoms with Crippen LogP contribution in [-0.4, -0.2) is 42.4 Å². The molecule has 16 heteroatoms. The van der Waals surface area contributed by atoms with Crippen molar-refractivity contribution >= 4 is 40.4 Å². The average Bonchev–Trinajstić information content (AvgIpc) is 3.30. The largest absolute Gasteiger partial charge is 0.457 e. The van der Waals surface area contributed by atoms with E-state index in [-0.39, 0.29) is 24.5 Å². The molecule has 0 spiro atoms. The molecule has 12 nitrogen and oxygen atoms in total. The lowest BCUT2D eigenvalue weighted by Gasteiger charge is -2.11. The number of sulfone groups is 2. The quantitative estimate of drug-likeness (QED) is 0.114. The van der Waals surface area contributed by atoms with Crippen LogP contribution in [0.25, 0.3) is 33.4 Å². The van der Waals surface area contributed by atoms with Gasteiger partial charge in [-0.3, -0.25) is 4.55 Å². The van der Waals surface area contributed by atoms with E-state index >= 15 is 0 Å². The standard InChI is InChI=1S/C50H38O9S3.O3S/c1-34-3-24-45(25-4-34)60(51,52)47-28-20-43(21-29-47)58-41-16-10-37(11-17-41)38-12-18-42(19-13-38)59-44-22-30-48(31-23-44)61(53,54)46-26-14-39(15-27-46)36-6-8-40(9-7-36)49-32-5-35(2)33-50(49)62(55,56)57;1-4(2)3/h3-33H,1-2H3,(H,55,56,57);. The van der Waals surface area contributed by atoms with Crippen molar-refractivity contribution in [3.05, 3.63) is 199 Å². The zero-order valence-corrected chi connectivity index (χ0v) is 38.2. The van der Waals surface area contributed by atoms with E-state index in [1.165, 1.54) is 30.3 Å². The fourth-order valence-corrected chi connectivity index (χ4v) is 10.1. The van der Waals surface area contributed by atoms with E-state index in [0.717, 1.165) is 27.8 Å². The molecule has 334 valence electrons. The molecule has 1 N–H and O–H groups in total. The SMILES string of the molecule is Cc1ccc(S(=O)(=O)c2ccc(Oc3ccc(-c4ccc(Oc5ccc(S(=O)(=O)c6ccc(-c7ccc(-c8ccc(C)cc8S(=O)(=O)O)cc7)cc6)cc5)cc4)cc3)cc2)cc1.O=S(=O)=O. The summed E-state index contributed by atoms with van der Waals surface area (Å²) in [6.07, 6.45) is 0. The maximum Gasteiger partial charge on any atom is 0.425 e. The summed E-state index contributed by atoms with van der Waals surface area (Å²) in [7, 11) is -15.0. The van der Waals surface area contributed by atoms with E-state index in [4.69, 9.17) is 22.1 Å². The van der Waals surface area contributed by atoms with E-state index in [2.05, 4.69) is 0 Å². The lowest BCUT2D eigenvalue weighted by Crippen LogP contribution is -2.02. The summed E-state index contributed by atoms with van der Waals surface area (Å²) in [6, 6.07) is 52.8. The normalized spacial score (nSPS) is 11.5. The molecule has 0 aliphatic carbocycles. The molecule has 0 atom stereocenters. The maximum absolute atomic E-state index is 13.5. The van der Waals surface area contributed by atoms with Gasteiger partial charge >= 0.3 is 10.6 Å². The number of benzene rings is 8. The predicted molar refractivity (Wildman–Crippen MR) is 249 cm³/mol. The van der Waals surface area contributed by atoms with Gasteiger partial charge in [0.25, 0.3) is 10.1 Å². The summed E-state index contributed by atoms with van der Waals surface area (Å²) in [4.78, 5) is 0.492. The van der Waals surface area contributed by atoms with Crippen molar-refractivity contribution in [2.24, 2.45) is 0 Å². The van der Waals surface area contributed by atoms with Crippen molar-refractivity contribution < 1.29 is 51.9 Å². The molecule has 8 rings (SSSR count). The van der Waals surface area contributed by atoms with Crippen molar-refractivity contribution in [2.45, 2.75) is 38.3 Å². The topological polar surface area (TPSA) is 192 Å². The van der Waals surface area contributed by atoms with Crippen LogP contribution in [0.1, 0.15) is 11.1 Å². The van der Waals surface area contributed by atoms with E-state index in [9.17, 15) is 29.8 Å². The van der Waals surface area contributed by atoms with E-state index in [0.29, 0.717) is 39.7 Å². The first-order valence-electron chi connectivity index (χ1n) is 19.8. The number of hydrogen-bond donors (Lipinski definition) is 1. The van der Waals surface area contributed by atoms with Gasteiger partial charge in [0.15, 0.2) is 0 Å². The van der Waals surface area contributed by atoms with Crippen LogP contribution >= 0.6 is 0 Å². The van der Waals surface area contributed by atoms with Crippen LogP contribution < -0.4 is 9.47 Å². The van der Waals surface area contributed by atoms with Crippen LogP contribution in [0.2, 0.25) is 0 Å². The molecule has 0 radical (unpaired) electrons. The van der Waals surface area contributed by atoms with Crippen LogP contribution in [-0.2, 0) is 40.4 Å². The van der Waals surface area contributed by atoms with Crippen molar-refractivity contribution in [2.75, 3.05) is 0 Å². The van der Waals surface area contributed by atoms with E-state index in [1.807, 2.05) is 67.6 Å². The first-order valence-corrected chi connectivity index (χ1v) is 25.2. The van der Waals surface area contributed by atoms with E-state index < -0.39 is 40.4 Å². The van der Waals surface area contributed by atoms with Gasteiger partial charge in [0.2, 0.25) is 19.7 Å². The van der Waals surface area contributed by atoms with E-state index in [1.54, 1.807) is 104 Å². The Bertz CT molecular complexity index is 3470. The molecule has 0 heterocycles. The smallest absolute Gasteiger partial charge is 0.425 e. The molecule has 0 bridgehead atoms. The number of rotatable bonds is 12. The first-order chi connectivity index (χ1) is 31.4. The summed E-state index contributed by atoms with van der Waals surface area (Å²) in [6.45, 7) is 3.65. The molecule has 8 aromatic carbocycles. The Morgan fingerprint density at radius 1 is 0.364 bits per heavy atom. The fourth-order valence-electron chi connectivity index (χ4n) is 6.82. The monoisotopic (exact) mass is 958 g/mol. The molecule has 0 saturated carbocycles. The zero-order chi connectivity index (χ0) is 47.2. The number of ether oxygens (including phenoxy) is 2. The van der Waals surface area contributed by atoms with Crippen molar-refractivity contribution in [3.63, 3.8) is 0 Å². The Labute approximate surface area is 384 Å². The van der Waals surface area contributed by atoms with Crippen molar-refractivity contribution in [1.29, 1.82) is 0 Å². The highest BCUT2D eigenvalue weighted by Gasteiger charge is 2.20. The Balaban J connectivity index is 0.00000156. The molecule has 0 fully saturated rings. The molecular formula is C50H38O12S4. The minimum atomic E-state index is -4.43. The second-order valence-corrected chi connectivity index (χ2v) is 20.5. The Hall–Kier alpha value is -7.21. The highest BCUT2D eigenvalue weighted by molar-refractivity contribution is 7.91. The molecule has 0 amide bonds. The van der Waals surface area contributed by atoms with Gasteiger partial charge in [-0.1, -0.05) is 90.5 Å². The summed E-state index contributed by atoms with van der Waals surface area (Å²) >= 11 is 0. The minimum Gasteiger partial charge on any atom is -0.457 e. The van der Waals surface area contributed by atoms with Crippen LogP contribution in [0.3, 0.4) is 0 Å². The van der Waals surface area contributed by atoms with Gasteiger partial charge in [-0.15, -0.1) is 12.6 Å². The van der Waals surface area contributed by atoms with Gasteiger partial charge in [-0.2, -0.15) is 8.42 Å². The van der Waals surface area contributed by atoms with Gasteiger partial charge < -0.3 is 9.47 Å². The molecule has 8 aromatic rings. The fraction of sp³-hybridized carbons (Fsp3) is 0.0400. The number of aryl methyl sites for hydroxylation is 2. The second kappa shape index (κ2) is 19.5. The Morgan fingerprint density at radius 2 is 0.621 bits per heavy atom. The highest BCUT2D eigenvalue weighted by Crippen LogP contribution is 2.34. The molecule has 0 aliphatic heterocycles. The molecule has 0 saturated heterocycles. The average molecular weight is 959 g/mol. The predicted octanol–water partition coefficient (Wildman–Crippen LogP) is 10.8. The third-order valence-electron chi connectivity index (χ3n) is 10.2. The summed E-state index contributed by atoms with van der Waals surface area (Å²) in [5.41, 5.74) is 6.12. The lowest BCUT2D eigenvalue weighted by atomic mass is 10.00. The van der Waals surface area contributed by atoms with Crippen LogP contribution in [0.4, 0.5) is 0 Å². The second-order valence-electron chi connectivity index (χ2n) is 14.8. The third-order valence-corrected chi connectivity index (χ3v) is 14.7. The van der Waals surface area contributed by atoms with Gasteiger partial charge in [-0.25, -0.2) is 16.8 Å². The molecule has 66 heavy (non-hydrogen) atoms. The molecule has 0 unspecified atom stereocenters. The first kappa shape index (κ1) is 46.8.